The smallest absolute Gasteiger partial charge is 0.230 e. The molecule has 0 bridgehead atoms. The number of nitrogens with zero attached hydrogens (tertiary/aromatic N) is 2. The number of aliphatic hydroxyl groups excluding tert-OH is 1. The summed E-state index contributed by atoms with van der Waals surface area (Å²) >= 11 is 3.37. The van der Waals surface area contributed by atoms with Gasteiger partial charge in [-0.05, 0) is 73.0 Å². The second-order valence-electron chi connectivity index (χ2n) is 8.09. The molecule has 1 atom stereocenters. The van der Waals surface area contributed by atoms with Gasteiger partial charge in [0, 0.05) is 25.7 Å². The van der Waals surface area contributed by atoms with Crippen LogP contribution < -0.4 is 4.90 Å². The molecule has 142 valence electrons. The molecule has 6 heteroatoms. The van der Waals surface area contributed by atoms with Crippen LogP contribution in [0.5, 0.6) is 0 Å². The molecule has 26 heavy (non-hydrogen) atoms. The third kappa shape index (κ3) is 3.15. The van der Waals surface area contributed by atoms with Crippen LogP contribution >= 0.6 is 15.9 Å². The Balaban J connectivity index is 1.52. The van der Waals surface area contributed by atoms with Crippen LogP contribution in [0.25, 0.3) is 0 Å². The van der Waals surface area contributed by atoms with Crippen molar-refractivity contribution in [1.29, 1.82) is 0 Å². The first-order valence-corrected chi connectivity index (χ1v) is 10.5. The van der Waals surface area contributed by atoms with Crippen molar-refractivity contribution < 1.29 is 14.3 Å². The highest BCUT2D eigenvalue weighted by Gasteiger charge is 2.50. The number of amides is 1. The van der Waals surface area contributed by atoms with Gasteiger partial charge in [0.1, 0.15) is 5.82 Å². The molecule has 0 aromatic heterocycles. The van der Waals surface area contributed by atoms with E-state index in [0.717, 1.165) is 63.7 Å². The van der Waals surface area contributed by atoms with Gasteiger partial charge in [-0.2, -0.15) is 0 Å². The van der Waals surface area contributed by atoms with Gasteiger partial charge in [0.15, 0.2) is 0 Å². The van der Waals surface area contributed by atoms with Crippen LogP contribution in [0.2, 0.25) is 0 Å². The van der Waals surface area contributed by atoms with E-state index in [9.17, 15) is 14.3 Å². The second-order valence-corrected chi connectivity index (χ2v) is 8.88. The third-order valence-corrected chi connectivity index (χ3v) is 7.29. The number of benzene rings is 1. The highest BCUT2D eigenvalue weighted by molar-refractivity contribution is 9.10. The molecular formula is C20H26BrFN2O2. The fraction of sp³-hybridized carbons (Fsp3) is 0.650. The summed E-state index contributed by atoms with van der Waals surface area (Å²) < 4.78 is 14.4. The summed E-state index contributed by atoms with van der Waals surface area (Å²) in [5.41, 5.74) is 0.510. The van der Waals surface area contributed by atoms with Crippen LogP contribution in [0.1, 0.15) is 44.9 Å². The van der Waals surface area contributed by atoms with E-state index in [1.54, 1.807) is 6.07 Å². The molecule has 3 fully saturated rings. The first-order chi connectivity index (χ1) is 12.5. The molecule has 1 N–H and O–H groups in total. The van der Waals surface area contributed by atoms with Crippen molar-refractivity contribution in [2.75, 3.05) is 24.5 Å². The number of aliphatic hydroxyl groups is 1. The molecule has 1 aromatic carbocycles. The molecule has 4 nitrogen and oxygen atoms in total. The van der Waals surface area contributed by atoms with Crippen LogP contribution in [-0.2, 0) is 4.79 Å². The Hall–Kier alpha value is -1.14. The highest BCUT2D eigenvalue weighted by atomic mass is 79.9. The van der Waals surface area contributed by atoms with E-state index in [4.69, 9.17) is 0 Å². The predicted octanol–water partition coefficient (Wildman–Crippen LogP) is 3.71. The summed E-state index contributed by atoms with van der Waals surface area (Å²) in [7, 11) is 0. The SMILES string of the molecule is O=C1N([C@H]2CC[C@H](O)CC2)CCC12CCCN(c1cccc(F)c1Br)C2. The van der Waals surface area contributed by atoms with Crippen LogP contribution in [0, 0.1) is 11.2 Å². The Morgan fingerprint density at radius 1 is 1.15 bits per heavy atom. The molecule has 2 heterocycles. The number of halogens is 2. The largest absolute Gasteiger partial charge is 0.393 e. The number of hydrogen-bond donors (Lipinski definition) is 1. The number of anilines is 1. The normalized spacial score (nSPS) is 32.5. The number of carbonyl (C=O) groups excluding carboxylic acids is 1. The standard InChI is InChI=1S/C20H26BrFN2O2/c21-18-16(22)3-1-4-17(18)23-11-2-9-20(13-23)10-12-24(19(20)26)14-5-7-15(25)8-6-14/h1,3-4,14-15,25H,2,5-13H2/t14-,15-,20?. The Kier molecular flexibility index (Phi) is 4.99. The lowest BCUT2D eigenvalue weighted by molar-refractivity contribution is -0.139. The molecule has 1 spiro atoms. The zero-order chi connectivity index (χ0) is 18.3. The van der Waals surface area contributed by atoms with Crippen LogP contribution in [0.15, 0.2) is 22.7 Å². The van der Waals surface area contributed by atoms with Crippen LogP contribution in [0.3, 0.4) is 0 Å². The molecule has 3 aliphatic rings. The number of hydrogen-bond acceptors (Lipinski definition) is 3. The van der Waals surface area contributed by atoms with E-state index in [2.05, 4.69) is 25.7 Å². The molecule has 1 saturated carbocycles. The number of piperidine rings is 1. The molecular weight excluding hydrogens is 399 g/mol. The van der Waals surface area contributed by atoms with E-state index in [1.165, 1.54) is 6.07 Å². The van der Waals surface area contributed by atoms with Crippen molar-refractivity contribution in [3.8, 4) is 0 Å². The van der Waals surface area contributed by atoms with E-state index in [-0.39, 0.29) is 29.3 Å². The van der Waals surface area contributed by atoms with Crippen molar-refractivity contribution in [2.45, 2.75) is 57.1 Å². The molecule has 1 amide bonds. The fourth-order valence-corrected chi connectivity index (χ4v) is 5.53. The first-order valence-electron chi connectivity index (χ1n) is 9.68. The van der Waals surface area contributed by atoms with E-state index in [0.29, 0.717) is 11.0 Å². The molecule has 1 aliphatic carbocycles. The minimum atomic E-state index is -0.333. The maximum atomic E-state index is 13.9. The Labute approximate surface area is 162 Å². The monoisotopic (exact) mass is 424 g/mol. The number of likely N-dealkylation sites (tertiary alicyclic amines) is 1. The molecule has 1 aromatic rings. The average molecular weight is 425 g/mol. The maximum absolute atomic E-state index is 13.9. The van der Waals surface area contributed by atoms with Crippen molar-refractivity contribution >= 4 is 27.5 Å². The Bertz CT molecular complexity index is 692. The van der Waals surface area contributed by atoms with Gasteiger partial charge >= 0.3 is 0 Å². The molecule has 1 unspecified atom stereocenters. The second kappa shape index (κ2) is 7.12. The van der Waals surface area contributed by atoms with Gasteiger partial charge in [0.05, 0.1) is 21.7 Å². The zero-order valence-electron chi connectivity index (χ0n) is 15.0. The summed E-state index contributed by atoms with van der Waals surface area (Å²) in [6, 6.07) is 5.38. The average Bonchev–Trinajstić information content (AvgIpc) is 2.94. The Morgan fingerprint density at radius 2 is 1.92 bits per heavy atom. The zero-order valence-corrected chi connectivity index (χ0v) is 16.5. The highest BCUT2D eigenvalue weighted by Crippen LogP contribution is 2.44. The van der Waals surface area contributed by atoms with Gasteiger partial charge < -0.3 is 14.9 Å². The molecule has 2 saturated heterocycles. The lowest BCUT2D eigenvalue weighted by atomic mass is 9.78. The van der Waals surface area contributed by atoms with Crippen LogP contribution in [0.4, 0.5) is 10.1 Å². The van der Waals surface area contributed by atoms with Gasteiger partial charge in [-0.25, -0.2) is 4.39 Å². The van der Waals surface area contributed by atoms with E-state index in [1.807, 2.05) is 6.07 Å². The molecule has 4 rings (SSSR count). The quantitative estimate of drug-likeness (QED) is 0.786. The van der Waals surface area contributed by atoms with Crippen molar-refractivity contribution in [3.63, 3.8) is 0 Å². The van der Waals surface area contributed by atoms with Gasteiger partial charge in [0.2, 0.25) is 5.91 Å². The number of rotatable bonds is 2. The summed E-state index contributed by atoms with van der Waals surface area (Å²) in [4.78, 5) is 17.6. The molecule has 0 radical (unpaired) electrons. The summed E-state index contributed by atoms with van der Waals surface area (Å²) in [5, 5.41) is 9.74. The molecule has 2 aliphatic heterocycles. The Morgan fingerprint density at radius 3 is 2.69 bits per heavy atom. The fourth-order valence-electron chi connectivity index (χ4n) is 5.02. The minimum absolute atomic E-state index is 0.201. The van der Waals surface area contributed by atoms with Gasteiger partial charge in [-0.15, -0.1) is 0 Å². The van der Waals surface area contributed by atoms with Gasteiger partial charge in [-0.1, -0.05) is 6.07 Å². The van der Waals surface area contributed by atoms with Crippen molar-refractivity contribution in [2.24, 2.45) is 5.41 Å². The lowest BCUT2D eigenvalue weighted by Gasteiger charge is -2.41. The minimum Gasteiger partial charge on any atom is -0.393 e. The summed E-state index contributed by atoms with van der Waals surface area (Å²) in [5.74, 6) is 0.0124. The van der Waals surface area contributed by atoms with E-state index >= 15 is 0 Å². The summed E-state index contributed by atoms with van der Waals surface area (Å²) in [6.07, 6.45) is 5.95. The maximum Gasteiger partial charge on any atom is 0.230 e. The van der Waals surface area contributed by atoms with Crippen LogP contribution in [-0.4, -0.2) is 47.7 Å². The van der Waals surface area contributed by atoms with Crippen molar-refractivity contribution in [1.82, 2.24) is 4.90 Å². The van der Waals surface area contributed by atoms with E-state index < -0.39 is 0 Å². The third-order valence-electron chi connectivity index (χ3n) is 6.50. The van der Waals surface area contributed by atoms with Crippen molar-refractivity contribution in [3.05, 3.63) is 28.5 Å². The van der Waals surface area contributed by atoms with Gasteiger partial charge in [-0.3, -0.25) is 4.79 Å². The number of carbonyl (C=O) groups is 1. The predicted molar refractivity (Wildman–Crippen MR) is 103 cm³/mol. The van der Waals surface area contributed by atoms with Gasteiger partial charge in [0.25, 0.3) is 0 Å². The first kappa shape index (κ1) is 18.2. The lowest BCUT2D eigenvalue weighted by Crippen LogP contribution is -2.50. The summed E-state index contributed by atoms with van der Waals surface area (Å²) in [6.45, 7) is 2.34. The topological polar surface area (TPSA) is 43.8 Å².